The number of hydrogen-bond acceptors (Lipinski definition) is 3. The van der Waals surface area contributed by atoms with Crippen molar-refractivity contribution >= 4 is 15.9 Å². The summed E-state index contributed by atoms with van der Waals surface area (Å²) in [5.74, 6) is -0.886. The molecule has 0 spiro atoms. The molecule has 0 heterocycles. The van der Waals surface area contributed by atoms with Crippen molar-refractivity contribution in [3.05, 3.63) is 29.6 Å². The SMILES string of the molecule is CC(C)CCN(C)C(=O)c1ccc(F)c(S(N)(=O)=O)c1. The number of benzene rings is 1. The Bertz CT molecular complexity index is 600. The summed E-state index contributed by atoms with van der Waals surface area (Å²) < 4.78 is 35.9. The van der Waals surface area contributed by atoms with E-state index in [1.807, 2.05) is 13.8 Å². The minimum Gasteiger partial charge on any atom is -0.342 e. The van der Waals surface area contributed by atoms with Crippen LogP contribution in [0.15, 0.2) is 23.1 Å². The van der Waals surface area contributed by atoms with Gasteiger partial charge >= 0.3 is 0 Å². The van der Waals surface area contributed by atoms with Crippen molar-refractivity contribution < 1.29 is 17.6 Å². The Labute approximate surface area is 118 Å². The standard InChI is InChI=1S/C13H19FN2O3S/c1-9(2)6-7-16(3)13(17)10-4-5-11(14)12(8-10)20(15,18)19/h4-5,8-9H,6-7H2,1-3H3,(H2,15,18,19). The Hall–Kier alpha value is -1.47. The number of rotatable bonds is 5. The first kappa shape index (κ1) is 16.6. The van der Waals surface area contributed by atoms with Gasteiger partial charge in [0.05, 0.1) is 0 Å². The van der Waals surface area contributed by atoms with Gasteiger partial charge in [-0.3, -0.25) is 4.79 Å². The van der Waals surface area contributed by atoms with E-state index in [0.29, 0.717) is 12.5 Å². The number of hydrogen-bond donors (Lipinski definition) is 1. The van der Waals surface area contributed by atoms with Gasteiger partial charge in [0.15, 0.2) is 0 Å². The molecule has 0 saturated carbocycles. The Kier molecular flexibility index (Phi) is 5.24. The molecular formula is C13H19FN2O3S. The number of nitrogens with two attached hydrogens (primary N) is 1. The third-order valence-corrected chi connectivity index (χ3v) is 3.80. The van der Waals surface area contributed by atoms with Crippen LogP contribution >= 0.6 is 0 Å². The second-order valence-corrected chi connectivity index (χ2v) is 6.63. The van der Waals surface area contributed by atoms with Crippen molar-refractivity contribution in [2.24, 2.45) is 11.1 Å². The van der Waals surface area contributed by atoms with Gasteiger partial charge in [0.1, 0.15) is 10.7 Å². The highest BCUT2D eigenvalue weighted by atomic mass is 32.2. The topological polar surface area (TPSA) is 80.5 Å². The monoisotopic (exact) mass is 302 g/mol. The maximum atomic E-state index is 13.4. The third kappa shape index (κ3) is 4.28. The molecule has 0 aliphatic rings. The molecule has 0 aliphatic heterocycles. The van der Waals surface area contributed by atoms with E-state index in [4.69, 9.17) is 5.14 Å². The van der Waals surface area contributed by atoms with Gasteiger partial charge in [-0.1, -0.05) is 13.8 Å². The summed E-state index contributed by atoms with van der Waals surface area (Å²) in [4.78, 5) is 12.9. The maximum absolute atomic E-state index is 13.4. The van der Waals surface area contributed by atoms with Gasteiger partial charge in [-0.25, -0.2) is 17.9 Å². The van der Waals surface area contributed by atoms with Crippen LogP contribution in [0, 0.1) is 11.7 Å². The summed E-state index contributed by atoms with van der Waals surface area (Å²) in [6.07, 6.45) is 0.825. The summed E-state index contributed by atoms with van der Waals surface area (Å²) in [6, 6.07) is 3.15. The summed E-state index contributed by atoms with van der Waals surface area (Å²) in [7, 11) is -2.57. The molecule has 20 heavy (non-hydrogen) atoms. The lowest BCUT2D eigenvalue weighted by atomic mass is 10.1. The van der Waals surface area contributed by atoms with E-state index in [-0.39, 0.29) is 11.5 Å². The zero-order valence-electron chi connectivity index (χ0n) is 11.8. The summed E-state index contributed by atoms with van der Waals surface area (Å²) in [5, 5.41) is 4.91. The first-order valence-corrected chi connectivity index (χ1v) is 7.75. The van der Waals surface area contributed by atoms with Crippen LogP contribution in [0.25, 0.3) is 0 Å². The second kappa shape index (κ2) is 6.32. The fraction of sp³-hybridized carbons (Fsp3) is 0.462. The Morgan fingerprint density at radius 1 is 1.40 bits per heavy atom. The van der Waals surface area contributed by atoms with Crippen LogP contribution in [0.4, 0.5) is 4.39 Å². The van der Waals surface area contributed by atoms with Gasteiger partial charge in [0.25, 0.3) is 5.91 Å². The normalized spacial score (nSPS) is 11.7. The van der Waals surface area contributed by atoms with Crippen LogP contribution in [0.5, 0.6) is 0 Å². The average molecular weight is 302 g/mol. The van der Waals surface area contributed by atoms with E-state index in [0.717, 1.165) is 18.6 Å². The van der Waals surface area contributed by atoms with Gasteiger partial charge in [0.2, 0.25) is 10.0 Å². The van der Waals surface area contributed by atoms with Gasteiger partial charge < -0.3 is 4.90 Å². The number of carbonyl (C=O) groups excluding carboxylic acids is 1. The highest BCUT2D eigenvalue weighted by molar-refractivity contribution is 7.89. The quantitative estimate of drug-likeness (QED) is 0.897. The van der Waals surface area contributed by atoms with Crippen LogP contribution in [0.3, 0.4) is 0 Å². The van der Waals surface area contributed by atoms with E-state index < -0.39 is 20.7 Å². The van der Waals surface area contributed by atoms with E-state index >= 15 is 0 Å². The van der Waals surface area contributed by atoms with E-state index in [1.165, 1.54) is 11.0 Å². The van der Waals surface area contributed by atoms with Crippen molar-refractivity contribution in [2.45, 2.75) is 25.2 Å². The maximum Gasteiger partial charge on any atom is 0.253 e. The van der Waals surface area contributed by atoms with Crippen LogP contribution in [-0.2, 0) is 10.0 Å². The molecule has 1 aromatic rings. The molecule has 2 N–H and O–H groups in total. The molecular weight excluding hydrogens is 283 g/mol. The van der Waals surface area contributed by atoms with E-state index in [1.54, 1.807) is 7.05 Å². The summed E-state index contributed by atoms with van der Waals surface area (Å²) in [5.41, 5.74) is 0.0988. The van der Waals surface area contributed by atoms with E-state index in [9.17, 15) is 17.6 Å². The molecule has 7 heteroatoms. The molecule has 0 saturated heterocycles. The number of sulfonamides is 1. The number of primary sulfonamides is 1. The molecule has 0 radical (unpaired) electrons. The predicted octanol–water partition coefficient (Wildman–Crippen LogP) is 1.59. The van der Waals surface area contributed by atoms with Gasteiger partial charge in [-0.15, -0.1) is 0 Å². The Morgan fingerprint density at radius 3 is 2.50 bits per heavy atom. The molecule has 5 nitrogen and oxygen atoms in total. The van der Waals surface area contributed by atoms with Crippen molar-refractivity contribution in [1.82, 2.24) is 4.90 Å². The summed E-state index contributed by atoms with van der Waals surface area (Å²) in [6.45, 7) is 4.61. The molecule has 1 amide bonds. The predicted molar refractivity (Wildman–Crippen MR) is 74.2 cm³/mol. The third-order valence-electron chi connectivity index (χ3n) is 2.87. The minimum absolute atomic E-state index is 0.0988. The second-order valence-electron chi connectivity index (χ2n) is 5.10. The summed E-state index contributed by atoms with van der Waals surface area (Å²) >= 11 is 0. The van der Waals surface area contributed by atoms with Gasteiger partial charge in [-0.2, -0.15) is 0 Å². The molecule has 0 atom stereocenters. The lowest BCUT2D eigenvalue weighted by molar-refractivity contribution is 0.0789. The molecule has 0 aromatic heterocycles. The number of carbonyl (C=O) groups is 1. The largest absolute Gasteiger partial charge is 0.342 e. The van der Waals surface area contributed by atoms with Crippen LogP contribution < -0.4 is 5.14 Å². The van der Waals surface area contributed by atoms with Crippen molar-refractivity contribution in [2.75, 3.05) is 13.6 Å². The fourth-order valence-electron chi connectivity index (χ4n) is 1.63. The molecule has 0 bridgehead atoms. The van der Waals surface area contributed by atoms with Crippen LogP contribution in [-0.4, -0.2) is 32.8 Å². The first-order valence-electron chi connectivity index (χ1n) is 6.20. The molecule has 112 valence electrons. The molecule has 0 aliphatic carbocycles. The fourth-order valence-corrected chi connectivity index (χ4v) is 2.26. The Morgan fingerprint density at radius 2 is 2.00 bits per heavy atom. The molecule has 1 aromatic carbocycles. The zero-order chi connectivity index (χ0) is 15.5. The minimum atomic E-state index is -4.19. The van der Waals surface area contributed by atoms with E-state index in [2.05, 4.69) is 0 Å². The van der Waals surface area contributed by atoms with Crippen LogP contribution in [0.1, 0.15) is 30.6 Å². The Balaban J connectivity index is 3.00. The lowest BCUT2D eigenvalue weighted by Gasteiger charge is -2.18. The lowest BCUT2D eigenvalue weighted by Crippen LogP contribution is -2.29. The van der Waals surface area contributed by atoms with Gasteiger partial charge in [0, 0.05) is 19.2 Å². The highest BCUT2D eigenvalue weighted by Gasteiger charge is 2.19. The molecule has 1 rings (SSSR count). The number of nitrogens with zero attached hydrogens (tertiary/aromatic N) is 1. The number of halogens is 1. The average Bonchev–Trinajstić information content (AvgIpc) is 2.34. The van der Waals surface area contributed by atoms with Crippen molar-refractivity contribution in [1.29, 1.82) is 0 Å². The smallest absolute Gasteiger partial charge is 0.253 e. The first-order chi connectivity index (χ1) is 9.12. The number of amides is 1. The highest BCUT2D eigenvalue weighted by Crippen LogP contribution is 2.16. The molecule has 0 fully saturated rings. The van der Waals surface area contributed by atoms with Crippen molar-refractivity contribution in [3.63, 3.8) is 0 Å². The molecule has 0 unspecified atom stereocenters. The van der Waals surface area contributed by atoms with Crippen molar-refractivity contribution in [3.8, 4) is 0 Å². The van der Waals surface area contributed by atoms with Gasteiger partial charge in [-0.05, 0) is 30.5 Å². The van der Waals surface area contributed by atoms with Crippen LogP contribution in [0.2, 0.25) is 0 Å². The zero-order valence-corrected chi connectivity index (χ0v) is 12.6.